The van der Waals surface area contributed by atoms with Crippen LogP contribution in [0.25, 0.3) is 6.08 Å². The predicted molar refractivity (Wildman–Crippen MR) is 56.3 cm³/mol. The molecule has 0 bridgehead atoms. The Morgan fingerprint density at radius 1 is 1.47 bits per heavy atom. The van der Waals surface area contributed by atoms with Crippen LogP contribution in [0.5, 0.6) is 0 Å². The molecule has 0 saturated heterocycles. The Morgan fingerprint density at radius 3 is 2.60 bits per heavy atom. The third kappa shape index (κ3) is 4.69. The van der Waals surface area contributed by atoms with Crippen LogP contribution in [-0.4, -0.2) is 15.9 Å². The van der Waals surface area contributed by atoms with Gasteiger partial charge in [0.15, 0.2) is 5.12 Å². The van der Waals surface area contributed by atoms with Crippen molar-refractivity contribution in [1.82, 2.24) is 4.98 Å². The molecule has 0 saturated carbocycles. The first kappa shape index (κ1) is 11.8. The van der Waals surface area contributed by atoms with Crippen molar-refractivity contribution in [1.29, 1.82) is 0 Å². The van der Waals surface area contributed by atoms with Crippen LogP contribution >= 0.6 is 11.8 Å². The minimum Gasteiger partial charge on any atom is -0.288 e. The van der Waals surface area contributed by atoms with E-state index in [1.165, 1.54) is 6.92 Å². The Hall–Kier alpha value is -1.23. The smallest absolute Gasteiger partial charge is 0.216 e. The molecule has 0 atom stereocenters. The number of rotatable bonds is 3. The molecule has 1 aromatic heterocycles. The fraction of sp³-hybridized carbons (Fsp3) is 0.200. The standard InChI is InChI=1S/C10H9F2NOS/c1-7(14)15-4-2-3-8-5-9(11)13-10(12)6-8/h2-3,5-6H,4H2,1H3. The largest absolute Gasteiger partial charge is 0.288 e. The molecule has 0 spiro atoms. The van der Waals surface area contributed by atoms with Crippen molar-refractivity contribution in [3.05, 3.63) is 35.7 Å². The Bertz CT molecular complexity index is 373. The van der Waals surface area contributed by atoms with Crippen molar-refractivity contribution >= 4 is 23.0 Å². The van der Waals surface area contributed by atoms with Gasteiger partial charge in [0, 0.05) is 24.8 Å². The van der Waals surface area contributed by atoms with Crippen LogP contribution in [-0.2, 0) is 4.79 Å². The number of halogens is 2. The van der Waals surface area contributed by atoms with Crippen molar-refractivity contribution < 1.29 is 13.6 Å². The van der Waals surface area contributed by atoms with Gasteiger partial charge in [0.05, 0.1) is 0 Å². The van der Waals surface area contributed by atoms with Crippen LogP contribution in [0.15, 0.2) is 18.2 Å². The highest BCUT2D eigenvalue weighted by molar-refractivity contribution is 8.13. The van der Waals surface area contributed by atoms with Crippen LogP contribution < -0.4 is 0 Å². The minimum atomic E-state index is -0.853. The van der Waals surface area contributed by atoms with Crippen molar-refractivity contribution in [2.75, 3.05) is 5.75 Å². The molecule has 15 heavy (non-hydrogen) atoms. The quantitative estimate of drug-likeness (QED) is 0.746. The average molecular weight is 229 g/mol. The number of hydrogen-bond acceptors (Lipinski definition) is 3. The Morgan fingerprint density at radius 2 is 2.07 bits per heavy atom. The van der Waals surface area contributed by atoms with Gasteiger partial charge in [-0.2, -0.15) is 13.8 Å². The summed E-state index contributed by atoms with van der Waals surface area (Å²) in [5, 5.41) is 0.00624. The van der Waals surface area contributed by atoms with E-state index in [-0.39, 0.29) is 5.12 Å². The van der Waals surface area contributed by atoms with Gasteiger partial charge in [0.1, 0.15) is 0 Å². The van der Waals surface area contributed by atoms with E-state index in [9.17, 15) is 13.6 Å². The topological polar surface area (TPSA) is 30.0 Å². The summed E-state index contributed by atoms with van der Waals surface area (Å²) in [7, 11) is 0. The van der Waals surface area contributed by atoms with Gasteiger partial charge < -0.3 is 0 Å². The average Bonchev–Trinajstić information content (AvgIpc) is 2.10. The summed E-state index contributed by atoms with van der Waals surface area (Å²) in [6, 6.07) is 2.25. The van der Waals surface area contributed by atoms with E-state index in [1.54, 1.807) is 12.2 Å². The van der Waals surface area contributed by atoms with Gasteiger partial charge in [-0.3, -0.25) is 4.79 Å². The lowest BCUT2D eigenvalue weighted by Gasteiger charge is -1.94. The van der Waals surface area contributed by atoms with Crippen molar-refractivity contribution in [3.8, 4) is 0 Å². The number of carbonyl (C=O) groups is 1. The first-order chi connectivity index (χ1) is 7.08. The number of thioether (sulfide) groups is 1. The maximum Gasteiger partial charge on any atom is 0.216 e. The second-order valence-electron chi connectivity index (χ2n) is 2.75. The zero-order valence-corrected chi connectivity index (χ0v) is 8.85. The summed E-state index contributed by atoms with van der Waals surface area (Å²) in [6.45, 7) is 1.46. The van der Waals surface area contributed by atoms with E-state index in [0.29, 0.717) is 11.3 Å². The lowest BCUT2D eigenvalue weighted by molar-refractivity contribution is -0.109. The molecule has 1 aromatic rings. The van der Waals surface area contributed by atoms with Crippen molar-refractivity contribution in [2.24, 2.45) is 0 Å². The summed E-state index contributed by atoms with van der Waals surface area (Å²) in [4.78, 5) is 13.5. The molecule has 0 aliphatic rings. The normalized spacial score (nSPS) is 10.9. The molecule has 2 nitrogen and oxygen atoms in total. The van der Waals surface area contributed by atoms with Gasteiger partial charge in [-0.25, -0.2) is 0 Å². The fourth-order valence-electron chi connectivity index (χ4n) is 0.929. The van der Waals surface area contributed by atoms with Gasteiger partial charge in [-0.15, -0.1) is 0 Å². The molecule has 0 aliphatic carbocycles. The number of pyridine rings is 1. The number of carbonyl (C=O) groups excluding carboxylic acids is 1. The Balaban J connectivity index is 2.60. The van der Waals surface area contributed by atoms with Gasteiger partial charge in [-0.1, -0.05) is 23.9 Å². The van der Waals surface area contributed by atoms with Crippen LogP contribution in [0.1, 0.15) is 12.5 Å². The highest BCUT2D eigenvalue weighted by atomic mass is 32.2. The zero-order chi connectivity index (χ0) is 11.3. The second kappa shape index (κ2) is 5.60. The first-order valence-electron chi connectivity index (χ1n) is 4.21. The molecular weight excluding hydrogens is 220 g/mol. The zero-order valence-electron chi connectivity index (χ0n) is 8.04. The number of nitrogens with zero attached hydrogens (tertiary/aromatic N) is 1. The maximum absolute atomic E-state index is 12.6. The lowest BCUT2D eigenvalue weighted by Crippen LogP contribution is -1.89. The molecule has 0 amide bonds. The van der Waals surface area contributed by atoms with E-state index in [4.69, 9.17) is 0 Å². The molecule has 0 aliphatic heterocycles. The summed E-state index contributed by atoms with van der Waals surface area (Å²) < 4.78 is 25.2. The molecule has 1 rings (SSSR count). The van der Waals surface area contributed by atoms with Gasteiger partial charge in [0.2, 0.25) is 11.9 Å². The van der Waals surface area contributed by atoms with E-state index in [0.717, 1.165) is 23.9 Å². The van der Waals surface area contributed by atoms with Gasteiger partial charge in [0.25, 0.3) is 0 Å². The molecule has 1 heterocycles. The van der Waals surface area contributed by atoms with Gasteiger partial charge in [-0.05, 0) is 5.56 Å². The van der Waals surface area contributed by atoms with E-state index < -0.39 is 11.9 Å². The fourth-order valence-corrected chi connectivity index (χ4v) is 1.36. The third-order valence-electron chi connectivity index (χ3n) is 1.48. The molecule has 0 aromatic carbocycles. The molecule has 0 radical (unpaired) electrons. The first-order valence-corrected chi connectivity index (χ1v) is 5.19. The molecule has 80 valence electrons. The molecule has 5 heteroatoms. The summed E-state index contributed by atoms with van der Waals surface area (Å²) in [6.07, 6.45) is 3.21. The highest BCUT2D eigenvalue weighted by Crippen LogP contribution is 2.08. The minimum absolute atomic E-state index is 0.00624. The van der Waals surface area contributed by atoms with E-state index in [1.807, 2.05) is 0 Å². The van der Waals surface area contributed by atoms with Crippen LogP contribution in [0, 0.1) is 11.9 Å². The monoisotopic (exact) mass is 229 g/mol. The maximum atomic E-state index is 12.6. The summed E-state index contributed by atoms with van der Waals surface area (Å²) >= 11 is 1.13. The van der Waals surface area contributed by atoms with E-state index in [2.05, 4.69) is 4.98 Å². The Kier molecular flexibility index (Phi) is 4.42. The summed E-state index contributed by atoms with van der Waals surface area (Å²) in [5.41, 5.74) is 0.393. The van der Waals surface area contributed by atoms with E-state index >= 15 is 0 Å². The van der Waals surface area contributed by atoms with Crippen LogP contribution in [0.4, 0.5) is 8.78 Å². The van der Waals surface area contributed by atoms with Crippen molar-refractivity contribution in [2.45, 2.75) is 6.92 Å². The Labute approximate surface area is 90.4 Å². The second-order valence-corrected chi connectivity index (χ2v) is 3.95. The number of hydrogen-bond donors (Lipinski definition) is 0. The van der Waals surface area contributed by atoms with Crippen LogP contribution in [0.3, 0.4) is 0 Å². The van der Waals surface area contributed by atoms with Crippen molar-refractivity contribution in [3.63, 3.8) is 0 Å². The molecule has 0 fully saturated rings. The van der Waals surface area contributed by atoms with Crippen LogP contribution in [0.2, 0.25) is 0 Å². The summed E-state index contributed by atoms with van der Waals surface area (Å²) in [5.74, 6) is -1.22. The number of aromatic nitrogens is 1. The molecular formula is C10H9F2NOS. The predicted octanol–water partition coefficient (Wildman–Crippen LogP) is 2.65. The molecule has 0 N–H and O–H groups in total. The third-order valence-corrected chi connectivity index (χ3v) is 2.24. The lowest BCUT2D eigenvalue weighted by atomic mass is 10.2. The molecule has 0 unspecified atom stereocenters. The highest BCUT2D eigenvalue weighted by Gasteiger charge is 1.98. The van der Waals surface area contributed by atoms with Gasteiger partial charge >= 0.3 is 0 Å². The SMILES string of the molecule is CC(=O)SCC=Cc1cc(F)nc(F)c1.